The van der Waals surface area contributed by atoms with Gasteiger partial charge in [0.05, 0.1) is 17.4 Å². The number of nitrogens with zero attached hydrogens (tertiary/aromatic N) is 2. The predicted molar refractivity (Wildman–Crippen MR) is 95.6 cm³/mol. The highest BCUT2D eigenvalue weighted by Crippen LogP contribution is 2.17. The number of para-hydroxylation sites is 1. The number of aromatic nitrogens is 2. The largest absolute Gasteiger partial charge is 0.492 e. The molecule has 3 aromatic rings. The molecule has 0 unspecified atom stereocenters. The molecule has 0 fully saturated rings. The Balaban J connectivity index is 1.58. The minimum Gasteiger partial charge on any atom is -0.492 e. The maximum atomic E-state index is 12.1. The topological polar surface area (TPSA) is 58.2 Å². The van der Waals surface area contributed by atoms with Gasteiger partial charge in [0, 0.05) is 11.6 Å². The number of likely N-dealkylation sites (N-methyl/N-ethyl adjacent to an activating group) is 1. The van der Waals surface area contributed by atoms with E-state index in [1.165, 1.54) is 0 Å². The number of rotatable bonds is 6. The zero-order chi connectivity index (χ0) is 16.9. The third-order valence-corrected chi connectivity index (χ3v) is 3.85. The molecule has 0 aliphatic heterocycles. The molecule has 0 aliphatic carbocycles. The zero-order valence-corrected chi connectivity index (χ0v) is 14.1. The Kier molecular flexibility index (Phi) is 5.13. The molecule has 0 saturated carbocycles. The van der Waals surface area contributed by atoms with Crippen molar-refractivity contribution in [3.8, 4) is 5.75 Å². The minimum absolute atomic E-state index is 0.112. The van der Waals surface area contributed by atoms with Gasteiger partial charge >= 0.3 is 0 Å². The van der Waals surface area contributed by atoms with Crippen molar-refractivity contribution in [3.05, 3.63) is 69.7 Å². The van der Waals surface area contributed by atoms with Crippen molar-refractivity contribution in [1.82, 2.24) is 14.9 Å². The van der Waals surface area contributed by atoms with Crippen molar-refractivity contribution in [2.75, 3.05) is 20.2 Å². The molecule has 5 nitrogen and oxygen atoms in total. The van der Waals surface area contributed by atoms with Crippen LogP contribution in [0.5, 0.6) is 5.75 Å². The van der Waals surface area contributed by atoms with Crippen molar-refractivity contribution in [3.63, 3.8) is 0 Å². The van der Waals surface area contributed by atoms with Crippen LogP contribution in [0.4, 0.5) is 0 Å². The summed E-state index contributed by atoms with van der Waals surface area (Å²) in [5.41, 5.74) is 0.596. The normalized spacial score (nSPS) is 11.1. The Morgan fingerprint density at radius 2 is 2.04 bits per heavy atom. The molecular formula is C18H18ClN3O2. The Bertz CT molecular complexity index is 895. The number of halogens is 1. The molecule has 0 aliphatic rings. The van der Waals surface area contributed by atoms with E-state index in [1.54, 1.807) is 12.1 Å². The smallest absolute Gasteiger partial charge is 0.258 e. The van der Waals surface area contributed by atoms with Crippen LogP contribution in [0.15, 0.2) is 53.3 Å². The van der Waals surface area contributed by atoms with Gasteiger partial charge in [0.1, 0.15) is 18.2 Å². The van der Waals surface area contributed by atoms with Gasteiger partial charge in [-0.25, -0.2) is 4.98 Å². The highest BCUT2D eigenvalue weighted by atomic mass is 35.5. The van der Waals surface area contributed by atoms with Crippen LogP contribution in [0.25, 0.3) is 10.9 Å². The maximum Gasteiger partial charge on any atom is 0.258 e. The Labute approximate surface area is 144 Å². The summed E-state index contributed by atoms with van der Waals surface area (Å²) in [6.07, 6.45) is 0. The molecule has 0 spiro atoms. The molecule has 1 aromatic heterocycles. The average Bonchev–Trinajstić information content (AvgIpc) is 2.55. The number of benzene rings is 2. The van der Waals surface area contributed by atoms with Crippen molar-refractivity contribution in [2.45, 2.75) is 6.54 Å². The Hall–Kier alpha value is -2.37. The van der Waals surface area contributed by atoms with Gasteiger partial charge in [-0.3, -0.25) is 9.69 Å². The van der Waals surface area contributed by atoms with Gasteiger partial charge in [-0.1, -0.05) is 29.8 Å². The summed E-state index contributed by atoms with van der Waals surface area (Å²) in [6.45, 7) is 1.76. The van der Waals surface area contributed by atoms with E-state index in [1.807, 2.05) is 48.3 Å². The van der Waals surface area contributed by atoms with Crippen LogP contribution >= 0.6 is 11.6 Å². The van der Waals surface area contributed by atoms with Gasteiger partial charge in [0.25, 0.3) is 5.56 Å². The van der Waals surface area contributed by atoms with Gasteiger partial charge in [-0.2, -0.15) is 0 Å². The van der Waals surface area contributed by atoms with E-state index in [9.17, 15) is 4.79 Å². The first kappa shape index (κ1) is 16.5. The van der Waals surface area contributed by atoms with Crippen LogP contribution in [-0.4, -0.2) is 35.1 Å². The molecule has 3 rings (SSSR count). The molecule has 124 valence electrons. The SMILES string of the molecule is CN(CCOc1cccc(Cl)c1)Cc1nc2ccccc2c(=O)[nH]1. The van der Waals surface area contributed by atoms with Crippen LogP contribution in [0.2, 0.25) is 5.02 Å². The van der Waals surface area contributed by atoms with Crippen LogP contribution in [0.3, 0.4) is 0 Å². The first-order chi connectivity index (χ1) is 11.6. The molecule has 0 amide bonds. The van der Waals surface area contributed by atoms with Crippen molar-refractivity contribution in [1.29, 1.82) is 0 Å². The minimum atomic E-state index is -0.112. The second-order valence-electron chi connectivity index (χ2n) is 5.57. The average molecular weight is 344 g/mol. The van der Waals surface area contributed by atoms with E-state index in [-0.39, 0.29) is 5.56 Å². The fraction of sp³-hybridized carbons (Fsp3) is 0.222. The predicted octanol–water partition coefficient (Wildman–Crippen LogP) is 3.09. The second kappa shape index (κ2) is 7.47. The number of nitrogens with one attached hydrogen (secondary N) is 1. The maximum absolute atomic E-state index is 12.1. The fourth-order valence-corrected chi connectivity index (χ4v) is 2.60. The lowest BCUT2D eigenvalue weighted by molar-refractivity contribution is 0.230. The Morgan fingerprint density at radius 1 is 1.21 bits per heavy atom. The molecule has 0 atom stereocenters. The van der Waals surface area contributed by atoms with Gasteiger partial charge in [-0.05, 0) is 37.4 Å². The monoisotopic (exact) mass is 343 g/mol. The lowest BCUT2D eigenvalue weighted by Crippen LogP contribution is -2.26. The van der Waals surface area contributed by atoms with Gasteiger partial charge < -0.3 is 9.72 Å². The van der Waals surface area contributed by atoms with Crippen molar-refractivity contribution >= 4 is 22.5 Å². The van der Waals surface area contributed by atoms with E-state index in [0.717, 1.165) is 5.75 Å². The summed E-state index contributed by atoms with van der Waals surface area (Å²) < 4.78 is 5.67. The summed E-state index contributed by atoms with van der Waals surface area (Å²) in [5.74, 6) is 1.39. The summed E-state index contributed by atoms with van der Waals surface area (Å²) in [4.78, 5) is 21.4. The summed E-state index contributed by atoms with van der Waals surface area (Å²) in [5, 5.41) is 1.26. The standard InChI is InChI=1S/C18H18ClN3O2/c1-22(9-10-24-14-6-4-5-13(19)11-14)12-17-20-16-8-3-2-7-15(16)18(23)21-17/h2-8,11H,9-10,12H2,1H3,(H,20,21,23). The van der Waals surface area contributed by atoms with Crippen LogP contribution < -0.4 is 10.3 Å². The lowest BCUT2D eigenvalue weighted by Gasteiger charge is -2.16. The number of aromatic amines is 1. The second-order valence-corrected chi connectivity index (χ2v) is 6.01. The molecule has 24 heavy (non-hydrogen) atoms. The molecule has 0 saturated heterocycles. The number of ether oxygens (including phenoxy) is 1. The molecule has 0 bridgehead atoms. The third kappa shape index (κ3) is 4.13. The van der Waals surface area contributed by atoms with E-state index >= 15 is 0 Å². The quantitative estimate of drug-likeness (QED) is 0.747. The van der Waals surface area contributed by atoms with E-state index in [2.05, 4.69) is 9.97 Å². The summed E-state index contributed by atoms with van der Waals surface area (Å²) >= 11 is 5.92. The number of hydrogen-bond acceptors (Lipinski definition) is 4. The first-order valence-electron chi connectivity index (χ1n) is 7.67. The zero-order valence-electron chi connectivity index (χ0n) is 13.3. The van der Waals surface area contributed by atoms with E-state index < -0.39 is 0 Å². The van der Waals surface area contributed by atoms with Crippen LogP contribution in [-0.2, 0) is 6.54 Å². The first-order valence-corrected chi connectivity index (χ1v) is 8.04. The number of hydrogen-bond donors (Lipinski definition) is 1. The summed E-state index contributed by atoms with van der Waals surface area (Å²) in [7, 11) is 1.95. The Morgan fingerprint density at radius 3 is 2.88 bits per heavy atom. The van der Waals surface area contributed by atoms with Gasteiger partial charge in [0.15, 0.2) is 0 Å². The van der Waals surface area contributed by atoms with E-state index in [0.29, 0.717) is 41.4 Å². The molecule has 6 heteroatoms. The van der Waals surface area contributed by atoms with Crippen LogP contribution in [0.1, 0.15) is 5.82 Å². The molecule has 1 N–H and O–H groups in total. The highest BCUT2D eigenvalue weighted by molar-refractivity contribution is 6.30. The van der Waals surface area contributed by atoms with Crippen LogP contribution in [0, 0.1) is 0 Å². The molecular weight excluding hydrogens is 326 g/mol. The van der Waals surface area contributed by atoms with Gasteiger partial charge in [-0.15, -0.1) is 0 Å². The number of H-pyrrole nitrogens is 1. The van der Waals surface area contributed by atoms with Gasteiger partial charge in [0.2, 0.25) is 0 Å². The van der Waals surface area contributed by atoms with Crippen molar-refractivity contribution in [2.24, 2.45) is 0 Å². The highest BCUT2D eigenvalue weighted by Gasteiger charge is 2.06. The lowest BCUT2D eigenvalue weighted by atomic mass is 10.2. The van der Waals surface area contributed by atoms with Crippen molar-refractivity contribution < 1.29 is 4.74 Å². The summed E-state index contributed by atoms with van der Waals surface area (Å²) in [6, 6.07) is 14.6. The fourth-order valence-electron chi connectivity index (χ4n) is 2.42. The molecule has 1 heterocycles. The van der Waals surface area contributed by atoms with E-state index in [4.69, 9.17) is 16.3 Å². The molecule has 0 radical (unpaired) electrons. The number of fused-ring (bicyclic) bond motifs is 1. The molecule has 2 aromatic carbocycles. The third-order valence-electron chi connectivity index (χ3n) is 3.62.